The summed E-state index contributed by atoms with van der Waals surface area (Å²) in [6.07, 6.45) is 3.86. The third kappa shape index (κ3) is 3.62. The molecule has 28 heavy (non-hydrogen) atoms. The van der Waals surface area contributed by atoms with Gasteiger partial charge in [0.15, 0.2) is 12.1 Å². The minimum Gasteiger partial charge on any atom is -0.449 e. The Labute approximate surface area is 165 Å². The van der Waals surface area contributed by atoms with Crippen molar-refractivity contribution in [3.05, 3.63) is 48.2 Å². The SMILES string of the molecule is CCOC(=O)N(C)c1cnc2c(c1)N(Cc1ccccc1)C(N1CCCC1)N2. The van der Waals surface area contributed by atoms with Gasteiger partial charge in [-0.3, -0.25) is 9.80 Å². The van der Waals surface area contributed by atoms with E-state index >= 15 is 0 Å². The van der Waals surface area contributed by atoms with E-state index in [0.29, 0.717) is 6.61 Å². The Bertz CT molecular complexity index is 823. The molecule has 1 atom stereocenters. The van der Waals surface area contributed by atoms with Gasteiger partial charge in [0.05, 0.1) is 24.2 Å². The van der Waals surface area contributed by atoms with E-state index in [-0.39, 0.29) is 12.4 Å². The summed E-state index contributed by atoms with van der Waals surface area (Å²) >= 11 is 0. The van der Waals surface area contributed by atoms with Gasteiger partial charge in [0.1, 0.15) is 0 Å². The largest absolute Gasteiger partial charge is 0.449 e. The Hall–Kier alpha value is -2.80. The summed E-state index contributed by atoms with van der Waals surface area (Å²) in [4.78, 5) is 23.0. The molecule has 1 aromatic heterocycles. The fourth-order valence-electron chi connectivity index (χ4n) is 3.84. The minimum absolute atomic E-state index is 0.0772. The van der Waals surface area contributed by atoms with Gasteiger partial charge >= 0.3 is 6.09 Å². The van der Waals surface area contributed by atoms with Gasteiger partial charge in [0, 0.05) is 26.7 Å². The number of aromatic nitrogens is 1. The average Bonchev–Trinajstić information content (AvgIpc) is 3.36. The van der Waals surface area contributed by atoms with Crippen LogP contribution in [-0.4, -0.2) is 49.0 Å². The van der Waals surface area contributed by atoms with Crippen LogP contribution in [0, 0.1) is 0 Å². The molecule has 1 fully saturated rings. The molecule has 1 unspecified atom stereocenters. The number of amides is 1. The number of nitrogens with zero attached hydrogens (tertiary/aromatic N) is 4. The lowest BCUT2D eigenvalue weighted by Crippen LogP contribution is -2.48. The number of carbonyl (C=O) groups is 1. The maximum Gasteiger partial charge on any atom is 0.414 e. The van der Waals surface area contributed by atoms with Gasteiger partial charge in [-0.15, -0.1) is 0 Å². The lowest BCUT2D eigenvalue weighted by molar-refractivity contribution is 0.161. The topological polar surface area (TPSA) is 60.9 Å². The third-order valence-electron chi connectivity index (χ3n) is 5.33. The van der Waals surface area contributed by atoms with Crippen molar-refractivity contribution in [3.63, 3.8) is 0 Å². The van der Waals surface area contributed by atoms with Crippen molar-refractivity contribution in [2.75, 3.05) is 41.9 Å². The molecule has 2 aliphatic heterocycles. The van der Waals surface area contributed by atoms with Crippen molar-refractivity contribution in [3.8, 4) is 0 Å². The highest BCUT2D eigenvalue weighted by Crippen LogP contribution is 2.38. The summed E-state index contributed by atoms with van der Waals surface area (Å²) in [7, 11) is 1.71. The number of hydrogen-bond donors (Lipinski definition) is 1. The molecule has 0 spiro atoms. The first kappa shape index (κ1) is 18.6. The number of anilines is 3. The van der Waals surface area contributed by atoms with Crippen molar-refractivity contribution < 1.29 is 9.53 Å². The molecular weight excluding hydrogens is 354 g/mol. The van der Waals surface area contributed by atoms with Gasteiger partial charge in [-0.2, -0.15) is 0 Å². The van der Waals surface area contributed by atoms with Crippen LogP contribution in [0.3, 0.4) is 0 Å². The monoisotopic (exact) mass is 381 g/mol. The summed E-state index contributed by atoms with van der Waals surface area (Å²) in [6, 6.07) is 12.5. The highest BCUT2D eigenvalue weighted by molar-refractivity contribution is 5.89. The first-order chi connectivity index (χ1) is 13.7. The van der Waals surface area contributed by atoms with Crippen molar-refractivity contribution in [1.29, 1.82) is 0 Å². The van der Waals surface area contributed by atoms with E-state index < -0.39 is 0 Å². The molecule has 7 nitrogen and oxygen atoms in total. The number of ether oxygens (including phenoxy) is 1. The Morgan fingerprint density at radius 1 is 1.29 bits per heavy atom. The molecule has 0 bridgehead atoms. The number of nitrogens with one attached hydrogen (secondary N) is 1. The maximum absolute atomic E-state index is 12.1. The molecular formula is C21H27N5O2. The fourth-order valence-corrected chi connectivity index (χ4v) is 3.84. The number of benzene rings is 1. The van der Waals surface area contributed by atoms with E-state index in [4.69, 9.17) is 4.74 Å². The predicted octanol–water partition coefficient (Wildman–Crippen LogP) is 3.49. The smallest absolute Gasteiger partial charge is 0.414 e. The van der Waals surface area contributed by atoms with E-state index in [1.54, 1.807) is 20.2 Å². The van der Waals surface area contributed by atoms with E-state index in [1.165, 1.54) is 23.3 Å². The van der Waals surface area contributed by atoms with Crippen LogP contribution in [0.2, 0.25) is 0 Å². The van der Waals surface area contributed by atoms with Crippen LogP contribution in [-0.2, 0) is 11.3 Å². The van der Waals surface area contributed by atoms with E-state index in [1.807, 2.05) is 12.1 Å². The maximum atomic E-state index is 12.1. The highest BCUT2D eigenvalue weighted by Gasteiger charge is 2.35. The van der Waals surface area contributed by atoms with Crippen LogP contribution in [0.5, 0.6) is 0 Å². The van der Waals surface area contributed by atoms with Gasteiger partial charge < -0.3 is 15.0 Å². The minimum atomic E-state index is -0.374. The van der Waals surface area contributed by atoms with Crippen LogP contribution in [0.4, 0.5) is 22.0 Å². The molecule has 1 aromatic carbocycles. The first-order valence-corrected chi connectivity index (χ1v) is 9.89. The molecule has 2 aromatic rings. The van der Waals surface area contributed by atoms with Gasteiger partial charge in [-0.05, 0) is 31.4 Å². The number of rotatable bonds is 5. The molecule has 4 rings (SSSR count). The van der Waals surface area contributed by atoms with Crippen molar-refractivity contribution in [2.45, 2.75) is 32.6 Å². The lowest BCUT2D eigenvalue weighted by Gasteiger charge is -2.33. The lowest BCUT2D eigenvalue weighted by atomic mass is 10.2. The Kier molecular flexibility index (Phi) is 5.34. The van der Waals surface area contributed by atoms with Crippen LogP contribution in [0.25, 0.3) is 0 Å². The first-order valence-electron chi connectivity index (χ1n) is 9.89. The molecule has 0 aliphatic carbocycles. The summed E-state index contributed by atoms with van der Waals surface area (Å²) in [5, 5.41) is 3.57. The molecule has 0 saturated carbocycles. The van der Waals surface area contributed by atoms with E-state index in [2.05, 4.69) is 44.4 Å². The number of hydrogen-bond acceptors (Lipinski definition) is 6. The Morgan fingerprint density at radius 2 is 2.04 bits per heavy atom. The number of fused-ring (bicyclic) bond motifs is 1. The molecule has 1 N–H and O–H groups in total. The van der Waals surface area contributed by atoms with Gasteiger partial charge in [-0.1, -0.05) is 30.3 Å². The Balaban J connectivity index is 1.65. The van der Waals surface area contributed by atoms with E-state index in [9.17, 15) is 4.79 Å². The third-order valence-corrected chi connectivity index (χ3v) is 5.33. The second-order valence-electron chi connectivity index (χ2n) is 7.19. The predicted molar refractivity (Wildman–Crippen MR) is 111 cm³/mol. The average molecular weight is 381 g/mol. The molecule has 0 radical (unpaired) electrons. The van der Waals surface area contributed by atoms with Crippen LogP contribution in [0.15, 0.2) is 42.6 Å². The van der Waals surface area contributed by atoms with Crippen molar-refractivity contribution in [2.24, 2.45) is 0 Å². The molecule has 1 saturated heterocycles. The summed E-state index contributed by atoms with van der Waals surface area (Å²) in [6.45, 7) is 5.08. The van der Waals surface area contributed by atoms with Crippen LogP contribution < -0.4 is 15.1 Å². The number of pyridine rings is 1. The quantitative estimate of drug-likeness (QED) is 0.856. The fraction of sp³-hybridized carbons (Fsp3) is 0.429. The van der Waals surface area contributed by atoms with Crippen LogP contribution >= 0.6 is 0 Å². The Morgan fingerprint density at radius 3 is 2.75 bits per heavy atom. The second-order valence-corrected chi connectivity index (χ2v) is 7.19. The normalized spacial score (nSPS) is 18.6. The van der Waals surface area contributed by atoms with Gasteiger partial charge in [0.25, 0.3) is 0 Å². The van der Waals surface area contributed by atoms with Crippen LogP contribution in [0.1, 0.15) is 25.3 Å². The van der Waals surface area contributed by atoms with Gasteiger partial charge in [-0.25, -0.2) is 9.78 Å². The number of likely N-dealkylation sites (tertiary alicyclic amines) is 1. The van der Waals surface area contributed by atoms with E-state index in [0.717, 1.165) is 36.8 Å². The molecule has 148 valence electrons. The molecule has 3 heterocycles. The summed E-state index contributed by atoms with van der Waals surface area (Å²) in [5.41, 5.74) is 2.97. The second kappa shape index (κ2) is 8.06. The zero-order valence-electron chi connectivity index (χ0n) is 16.5. The standard InChI is InChI=1S/C21H27N5O2/c1-3-28-21(27)24(2)17-13-18-19(22-14-17)23-20(25-11-7-8-12-25)26(18)15-16-9-5-4-6-10-16/h4-6,9-10,13-14,20H,3,7-8,11-12,15H2,1-2H3,(H,22,23). The zero-order chi connectivity index (χ0) is 19.5. The molecule has 7 heteroatoms. The summed E-state index contributed by atoms with van der Waals surface area (Å²) in [5.74, 6) is 0.855. The summed E-state index contributed by atoms with van der Waals surface area (Å²) < 4.78 is 5.12. The zero-order valence-corrected chi connectivity index (χ0v) is 16.5. The molecule has 2 aliphatic rings. The van der Waals surface area contributed by atoms with Gasteiger partial charge in [0.2, 0.25) is 0 Å². The van der Waals surface area contributed by atoms with Crippen molar-refractivity contribution >= 4 is 23.3 Å². The van der Waals surface area contributed by atoms with Crippen molar-refractivity contribution in [1.82, 2.24) is 9.88 Å². The number of carbonyl (C=O) groups excluding carboxylic acids is 1. The highest BCUT2D eigenvalue weighted by atomic mass is 16.6. The molecule has 1 amide bonds.